The molecule has 3 rings (SSSR count). The topological polar surface area (TPSA) is 38.0 Å². The van der Waals surface area contributed by atoms with E-state index in [-0.39, 0.29) is 6.61 Å². The Bertz CT molecular complexity index is 835. The van der Waals surface area contributed by atoms with Crippen molar-refractivity contribution < 1.29 is 5.11 Å². The average molecular weight is 308 g/mol. The second kappa shape index (κ2) is 6.17. The lowest BCUT2D eigenvalue weighted by molar-refractivity contribution is 0.295. The van der Waals surface area contributed by atoms with Crippen LogP contribution in [0.15, 0.2) is 30.3 Å². The molecule has 0 aliphatic rings. The lowest BCUT2D eigenvalue weighted by atomic mass is 9.94. The molecule has 0 bridgehead atoms. The second-order valence-electron chi connectivity index (χ2n) is 6.32. The summed E-state index contributed by atoms with van der Waals surface area (Å²) in [5, 5.41) is 9.38. The summed E-state index contributed by atoms with van der Waals surface area (Å²) in [4.78, 5) is 4.71. The zero-order valence-corrected chi connectivity index (χ0v) is 14.3. The molecule has 0 spiro atoms. The number of nitrogens with zero attached hydrogens (tertiary/aromatic N) is 2. The predicted molar refractivity (Wildman–Crippen MR) is 95.0 cm³/mol. The van der Waals surface area contributed by atoms with Crippen molar-refractivity contribution in [1.29, 1.82) is 0 Å². The van der Waals surface area contributed by atoms with Gasteiger partial charge in [0.25, 0.3) is 0 Å². The highest BCUT2D eigenvalue weighted by Crippen LogP contribution is 2.25. The van der Waals surface area contributed by atoms with Crippen molar-refractivity contribution in [1.82, 2.24) is 9.55 Å². The number of imidazole rings is 1. The van der Waals surface area contributed by atoms with Gasteiger partial charge in [-0.1, -0.05) is 18.2 Å². The van der Waals surface area contributed by atoms with Gasteiger partial charge in [0.05, 0.1) is 17.6 Å². The third kappa shape index (κ3) is 2.77. The molecule has 0 aliphatic heterocycles. The number of aromatic nitrogens is 2. The van der Waals surface area contributed by atoms with Gasteiger partial charge in [0.2, 0.25) is 0 Å². The molecule has 0 amide bonds. The maximum absolute atomic E-state index is 9.38. The van der Waals surface area contributed by atoms with Crippen LogP contribution >= 0.6 is 0 Å². The summed E-state index contributed by atoms with van der Waals surface area (Å²) < 4.78 is 2.25. The molecule has 3 aromatic rings. The lowest BCUT2D eigenvalue weighted by Gasteiger charge is -2.17. The minimum Gasteiger partial charge on any atom is -0.396 e. The minimum atomic E-state index is 0.119. The zero-order chi connectivity index (χ0) is 16.6. The van der Waals surface area contributed by atoms with Crippen LogP contribution in [0.1, 0.15) is 33.6 Å². The van der Waals surface area contributed by atoms with Crippen LogP contribution in [0, 0.1) is 27.7 Å². The number of para-hydroxylation sites is 2. The highest BCUT2D eigenvalue weighted by atomic mass is 16.3. The van der Waals surface area contributed by atoms with Gasteiger partial charge in [0.15, 0.2) is 0 Å². The fourth-order valence-electron chi connectivity index (χ4n) is 3.29. The zero-order valence-electron chi connectivity index (χ0n) is 14.3. The predicted octanol–water partition coefficient (Wildman–Crippen LogP) is 3.85. The number of benzene rings is 2. The standard InChI is InChI=1S/C20H24N2O/c1-13-11-14(2)16(4)17(15(13)3)12-22-19-8-6-5-7-18(19)21-20(22)9-10-23/h5-8,11,23H,9-10,12H2,1-4H3. The van der Waals surface area contributed by atoms with Gasteiger partial charge in [-0.3, -0.25) is 0 Å². The van der Waals surface area contributed by atoms with E-state index in [4.69, 9.17) is 4.98 Å². The van der Waals surface area contributed by atoms with Gasteiger partial charge in [0, 0.05) is 13.0 Å². The third-order valence-electron chi connectivity index (χ3n) is 4.91. The Kier molecular flexibility index (Phi) is 4.22. The Labute approximate surface area is 137 Å². The molecule has 120 valence electrons. The quantitative estimate of drug-likeness (QED) is 0.795. The number of aliphatic hydroxyl groups excluding tert-OH is 1. The Morgan fingerprint density at radius 3 is 2.30 bits per heavy atom. The fraction of sp³-hybridized carbons (Fsp3) is 0.350. The Morgan fingerprint density at radius 1 is 1.00 bits per heavy atom. The molecule has 0 fully saturated rings. The van der Waals surface area contributed by atoms with Crippen molar-refractivity contribution in [2.45, 2.75) is 40.7 Å². The summed E-state index contributed by atoms with van der Waals surface area (Å²) in [5.41, 5.74) is 8.85. The fourth-order valence-corrected chi connectivity index (χ4v) is 3.29. The summed E-state index contributed by atoms with van der Waals surface area (Å²) in [6.07, 6.45) is 0.581. The van der Waals surface area contributed by atoms with Crippen molar-refractivity contribution in [2.24, 2.45) is 0 Å². The van der Waals surface area contributed by atoms with Gasteiger partial charge in [-0.25, -0.2) is 4.98 Å². The molecule has 23 heavy (non-hydrogen) atoms. The van der Waals surface area contributed by atoms with Crippen LogP contribution in [-0.2, 0) is 13.0 Å². The van der Waals surface area contributed by atoms with Crippen molar-refractivity contribution >= 4 is 11.0 Å². The highest BCUT2D eigenvalue weighted by molar-refractivity contribution is 5.76. The largest absolute Gasteiger partial charge is 0.396 e. The summed E-state index contributed by atoms with van der Waals surface area (Å²) in [7, 11) is 0. The molecule has 2 aromatic carbocycles. The van der Waals surface area contributed by atoms with E-state index in [1.807, 2.05) is 18.2 Å². The van der Waals surface area contributed by atoms with E-state index in [2.05, 4.69) is 44.4 Å². The Balaban J connectivity index is 2.17. The molecule has 0 saturated carbocycles. The van der Waals surface area contributed by atoms with Crippen LogP contribution in [0.4, 0.5) is 0 Å². The van der Waals surface area contributed by atoms with E-state index in [1.165, 1.54) is 27.8 Å². The number of aryl methyl sites for hydroxylation is 2. The molecule has 0 atom stereocenters. The molecule has 0 radical (unpaired) electrons. The number of fused-ring (bicyclic) bond motifs is 1. The maximum atomic E-state index is 9.38. The van der Waals surface area contributed by atoms with Crippen LogP contribution < -0.4 is 0 Å². The first kappa shape index (κ1) is 15.8. The molecule has 3 nitrogen and oxygen atoms in total. The smallest absolute Gasteiger partial charge is 0.112 e. The van der Waals surface area contributed by atoms with Gasteiger partial charge in [-0.2, -0.15) is 0 Å². The van der Waals surface area contributed by atoms with E-state index in [9.17, 15) is 5.11 Å². The first-order valence-corrected chi connectivity index (χ1v) is 8.14. The van der Waals surface area contributed by atoms with E-state index in [0.29, 0.717) is 6.42 Å². The number of aliphatic hydroxyl groups is 1. The van der Waals surface area contributed by atoms with E-state index in [0.717, 1.165) is 23.4 Å². The molecule has 0 unspecified atom stereocenters. The van der Waals surface area contributed by atoms with Gasteiger partial charge in [-0.15, -0.1) is 0 Å². The first-order chi connectivity index (χ1) is 11.0. The van der Waals surface area contributed by atoms with Gasteiger partial charge in [-0.05, 0) is 67.6 Å². The number of hydrogen-bond acceptors (Lipinski definition) is 2. The number of hydrogen-bond donors (Lipinski definition) is 1. The van der Waals surface area contributed by atoms with Crippen LogP contribution in [0.5, 0.6) is 0 Å². The van der Waals surface area contributed by atoms with Crippen LogP contribution in [-0.4, -0.2) is 21.3 Å². The highest BCUT2D eigenvalue weighted by Gasteiger charge is 2.14. The molecule has 1 aromatic heterocycles. The number of rotatable bonds is 4. The van der Waals surface area contributed by atoms with Crippen LogP contribution in [0.2, 0.25) is 0 Å². The Morgan fingerprint density at radius 2 is 1.65 bits per heavy atom. The normalized spacial score (nSPS) is 11.3. The average Bonchev–Trinajstić information content (AvgIpc) is 2.87. The van der Waals surface area contributed by atoms with Gasteiger partial charge < -0.3 is 9.67 Å². The van der Waals surface area contributed by atoms with Gasteiger partial charge >= 0.3 is 0 Å². The van der Waals surface area contributed by atoms with Crippen molar-refractivity contribution in [2.75, 3.05) is 6.61 Å². The molecule has 0 saturated heterocycles. The summed E-state index contributed by atoms with van der Waals surface area (Å²) in [6, 6.07) is 10.5. The summed E-state index contributed by atoms with van der Waals surface area (Å²) in [6.45, 7) is 9.66. The lowest BCUT2D eigenvalue weighted by Crippen LogP contribution is -2.10. The van der Waals surface area contributed by atoms with E-state index in [1.54, 1.807) is 0 Å². The second-order valence-corrected chi connectivity index (χ2v) is 6.32. The summed E-state index contributed by atoms with van der Waals surface area (Å²) in [5.74, 6) is 0.951. The summed E-state index contributed by atoms with van der Waals surface area (Å²) >= 11 is 0. The van der Waals surface area contributed by atoms with E-state index < -0.39 is 0 Å². The first-order valence-electron chi connectivity index (χ1n) is 8.14. The monoisotopic (exact) mass is 308 g/mol. The minimum absolute atomic E-state index is 0.119. The van der Waals surface area contributed by atoms with Crippen LogP contribution in [0.25, 0.3) is 11.0 Å². The maximum Gasteiger partial charge on any atom is 0.112 e. The molecular weight excluding hydrogens is 284 g/mol. The van der Waals surface area contributed by atoms with Crippen LogP contribution in [0.3, 0.4) is 0 Å². The molecular formula is C20H24N2O. The van der Waals surface area contributed by atoms with Gasteiger partial charge in [0.1, 0.15) is 5.82 Å². The molecule has 1 heterocycles. The van der Waals surface area contributed by atoms with E-state index >= 15 is 0 Å². The van der Waals surface area contributed by atoms with Crippen molar-refractivity contribution in [3.63, 3.8) is 0 Å². The molecule has 0 aliphatic carbocycles. The Hall–Kier alpha value is -2.13. The van der Waals surface area contributed by atoms with Crippen molar-refractivity contribution in [3.05, 3.63) is 64.0 Å². The SMILES string of the molecule is Cc1cc(C)c(C)c(Cn2c(CCO)nc3ccccc32)c1C. The third-order valence-corrected chi connectivity index (χ3v) is 4.91. The van der Waals surface area contributed by atoms with Crippen molar-refractivity contribution in [3.8, 4) is 0 Å². The molecule has 1 N–H and O–H groups in total. The molecule has 3 heteroatoms.